The molecule has 0 aromatic rings. The van der Waals surface area contributed by atoms with E-state index < -0.39 is 23.9 Å². The minimum absolute atomic E-state index is 0.183. The van der Waals surface area contributed by atoms with Crippen LogP contribution in [0.1, 0.15) is 27.2 Å². The predicted octanol–water partition coefficient (Wildman–Crippen LogP) is 0.540. The molecule has 2 atom stereocenters. The fourth-order valence-electron chi connectivity index (χ4n) is 2.11. The molecule has 3 N–H and O–H groups in total. The summed E-state index contributed by atoms with van der Waals surface area (Å²) in [5.41, 5.74) is 5.16. The molecule has 1 heterocycles. The van der Waals surface area contributed by atoms with Crippen molar-refractivity contribution in [2.24, 2.45) is 5.73 Å². The largest absolute Gasteiger partial charge is 0.480 e. The van der Waals surface area contributed by atoms with Crippen molar-refractivity contribution in [3.8, 4) is 0 Å². The zero-order valence-electron chi connectivity index (χ0n) is 11.9. The first-order chi connectivity index (χ1) is 9.29. The molecule has 0 bridgehead atoms. The Morgan fingerprint density at radius 1 is 1.45 bits per heavy atom. The molecule has 0 aliphatic carbocycles. The highest BCUT2D eigenvalue weighted by molar-refractivity contribution is 8.00. The molecular weight excluding hydrogens is 282 g/mol. The zero-order chi connectivity index (χ0) is 15.4. The first-order valence-electron chi connectivity index (χ1n) is 6.51. The molecule has 20 heavy (non-hydrogen) atoms. The Labute approximate surface area is 122 Å². The van der Waals surface area contributed by atoms with E-state index in [0.29, 0.717) is 12.2 Å². The first-order valence-corrected chi connectivity index (χ1v) is 7.56. The second-order valence-electron chi connectivity index (χ2n) is 4.93. The summed E-state index contributed by atoms with van der Waals surface area (Å²) in [6.45, 7) is 5.22. The van der Waals surface area contributed by atoms with E-state index >= 15 is 0 Å². The van der Waals surface area contributed by atoms with Gasteiger partial charge in [-0.25, -0.2) is 9.59 Å². The monoisotopic (exact) mass is 303 g/mol. The van der Waals surface area contributed by atoms with E-state index in [1.165, 1.54) is 21.6 Å². The highest BCUT2D eigenvalue weighted by Gasteiger charge is 2.43. The molecule has 2 unspecified atom stereocenters. The highest BCUT2D eigenvalue weighted by Crippen LogP contribution is 2.32. The maximum Gasteiger partial charge on any atom is 0.327 e. The van der Waals surface area contributed by atoms with E-state index in [0.717, 1.165) is 0 Å². The summed E-state index contributed by atoms with van der Waals surface area (Å²) in [5.74, 6) is -1.27. The Morgan fingerprint density at radius 2 is 2.05 bits per heavy atom. The zero-order valence-corrected chi connectivity index (χ0v) is 12.7. The number of primary amides is 1. The van der Waals surface area contributed by atoms with Crippen LogP contribution in [0.2, 0.25) is 0 Å². The average molecular weight is 303 g/mol. The van der Waals surface area contributed by atoms with Gasteiger partial charge in [-0.1, -0.05) is 6.92 Å². The minimum atomic E-state index is -1.02. The van der Waals surface area contributed by atoms with Gasteiger partial charge in [-0.05, 0) is 20.3 Å². The molecule has 0 aromatic carbocycles. The Kier molecular flexibility index (Phi) is 5.67. The molecule has 114 valence electrons. The van der Waals surface area contributed by atoms with E-state index in [9.17, 15) is 19.5 Å². The van der Waals surface area contributed by atoms with Crippen LogP contribution >= 0.6 is 11.8 Å². The molecular formula is C12H21N3O4S. The number of nitrogens with two attached hydrogens (primary N) is 1. The number of carbonyl (C=O) groups is 3. The van der Waals surface area contributed by atoms with Crippen molar-refractivity contribution in [3.63, 3.8) is 0 Å². The Hall–Kier alpha value is -1.44. The van der Waals surface area contributed by atoms with Crippen LogP contribution < -0.4 is 5.73 Å². The lowest BCUT2D eigenvalue weighted by atomic mass is 10.2. The summed E-state index contributed by atoms with van der Waals surface area (Å²) in [5, 5.41) is 9.05. The second kappa shape index (κ2) is 6.83. The van der Waals surface area contributed by atoms with Crippen molar-refractivity contribution >= 4 is 29.7 Å². The molecule has 1 fully saturated rings. The topological polar surface area (TPSA) is 104 Å². The fourth-order valence-corrected chi connectivity index (χ4v) is 3.45. The standard InChI is InChI=1S/C12H21N3O4S/c1-4-10-15(8(6-20-10)11(17)18)12(19)14(7(2)3)5-9(13)16/h7-8,10H,4-6H2,1-3H3,(H2,13,16)(H,17,18). The number of urea groups is 1. The SMILES string of the molecule is CCC1SCC(C(=O)O)N1C(=O)N(CC(N)=O)C(C)C. The molecule has 0 spiro atoms. The van der Waals surface area contributed by atoms with Crippen LogP contribution in [-0.2, 0) is 9.59 Å². The summed E-state index contributed by atoms with van der Waals surface area (Å²) >= 11 is 1.44. The molecule has 7 nitrogen and oxygen atoms in total. The van der Waals surface area contributed by atoms with Gasteiger partial charge in [-0.15, -0.1) is 11.8 Å². The van der Waals surface area contributed by atoms with Crippen LogP contribution in [0.5, 0.6) is 0 Å². The van der Waals surface area contributed by atoms with Gasteiger partial charge in [0.2, 0.25) is 5.91 Å². The molecule has 1 saturated heterocycles. The van der Waals surface area contributed by atoms with Crippen molar-refractivity contribution in [2.45, 2.75) is 44.6 Å². The Balaban J connectivity index is 2.99. The number of nitrogens with zero attached hydrogens (tertiary/aromatic N) is 2. The Morgan fingerprint density at radius 3 is 2.45 bits per heavy atom. The van der Waals surface area contributed by atoms with Crippen LogP contribution in [0.25, 0.3) is 0 Å². The molecule has 3 amide bonds. The van der Waals surface area contributed by atoms with Gasteiger partial charge in [0.1, 0.15) is 12.6 Å². The summed E-state index contributed by atoms with van der Waals surface area (Å²) in [6, 6.07) is -1.53. The number of rotatable bonds is 5. The van der Waals surface area contributed by atoms with Crippen LogP contribution in [0.4, 0.5) is 4.79 Å². The van der Waals surface area contributed by atoms with E-state index in [4.69, 9.17) is 5.73 Å². The van der Waals surface area contributed by atoms with Gasteiger partial charge in [-0.3, -0.25) is 9.69 Å². The summed E-state index contributed by atoms with van der Waals surface area (Å²) in [4.78, 5) is 37.6. The maximum absolute atomic E-state index is 12.6. The van der Waals surface area contributed by atoms with Crippen LogP contribution in [-0.4, -0.2) is 62.6 Å². The number of carboxylic acids is 1. The normalized spacial score (nSPS) is 22.1. The summed E-state index contributed by atoms with van der Waals surface area (Å²) in [7, 11) is 0. The van der Waals surface area contributed by atoms with Gasteiger partial charge < -0.3 is 15.7 Å². The molecule has 0 saturated carbocycles. The molecule has 0 radical (unpaired) electrons. The van der Waals surface area contributed by atoms with E-state index in [2.05, 4.69) is 0 Å². The first kappa shape index (κ1) is 16.6. The lowest BCUT2D eigenvalue weighted by Gasteiger charge is -2.34. The van der Waals surface area contributed by atoms with Crippen LogP contribution in [0.15, 0.2) is 0 Å². The number of carbonyl (C=O) groups excluding carboxylic acids is 2. The fraction of sp³-hybridized carbons (Fsp3) is 0.750. The van der Waals surface area contributed by atoms with Gasteiger partial charge in [0, 0.05) is 11.8 Å². The van der Waals surface area contributed by atoms with Gasteiger partial charge in [-0.2, -0.15) is 0 Å². The summed E-state index contributed by atoms with van der Waals surface area (Å²) in [6.07, 6.45) is 0.655. The maximum atomic E-state index is 12.6. The third-order valence-electron chi connectivity index (χ3n) is 3.14. The lowest BCUT2D eigenvalue weighted by Crippen LogP contribution is -2.55. The van der Waals surface area contributed by atoms with E-state index in [1.54, 1.807) is 13.8 Å². The molecule has 1 aliphatic rings. The molecule has 1 aliphatic heterocycles. The van der Waals surface area contributed by atoms with Crippen molar-refractivity contribution in [3.05, 3.63) is 0 Å². The number of hydrogen-bond acceptors (Lipinski definition) is 4. The van der Waals surface area contributed by atoms with E-state index in [-0.39, 0.29) is 18.0 Å². The van der Waals surface area contributed by atoms with Crippen LogP contribution in [0, 0.1) is 0 Å². The number of aliphatic carboxylic acids is 1. The molecule has 0 aromatic heterocycles. The van der Waals surface area contributed by atoms with E-state index in [1.807, 2.05) is 6.92 Å². The highest BCUT2D eigenvalue weighted by atomic mass is 32.2. The molecule has 1 rings (SSSR count). The smallest absolute Gasteiger partial charge is 0.327 e. The average Bonchev–Trinajstić information content (AvgIpc) is 2.78. The molecule has 8 heteroatoms. The van der Waals surface area contributed by atoms with Crippen LogP contribution in [0.3, 0.4) is 0 Å². The quantitative estimate of drug-likeness (QED) is 0.771. The van der Waals surface area contributed by atoms with Crippen molar-refractivity contribution < 1.29 is 19.5 Å². The second-order valence-corrected chi connectivity index (χ2v) is 6.14. The third kappa shape index (κ3) is 3.56. The predicted molar refractivity (Wildman–Crippen MR) is 76.2 cm³/mol. The minimum Gasteiger partial charge on any atom is -0.480 e. The van der Waals surface area contributed by atoms with Gasteiger partial charge in [0.05, 0.1) is 5.37 Å². The number of amides is 3. The number of hydrogen-bond donors (Lipinski definition) is 2. The van der Waals surface area contributed by atoms with Crippen molar-refractivity contribution in [1.29, 1.82) is 0 Å². The third-order valence-corrected chi connectivity index (χ3v) is 4.60. The summed E-state index contributed by atoms with van der Waals surface area (Å²) < 4.78 is 0. The van der Waals surface area contributed by atoms with Gasteiger partial charge in [0.25, 0.3) is 0 Å². The number of carboxylic acid groups (broad SMARTS) is 1. The Bertz CT molecular complexity index is 402. The number of thioether (sulfide) groups is 1. The van der Waals surface area contributed by atoms with Crippen molar-refractivity contribution in [1.82, 2.24) is 9.80 Å². The van der Waals surface area contributed by atoms with Gasteiger partial charge >= 0.3 is 12.0 Å². The van der Waals surface area contributed by atoms with Crippen molar-refractivity contribution in [2.75, 3.05) is 12.3 Å². The lowest BCUT2D eigenvalue weighted by molar-refractivity contribution is -0.141. The van der Waals surface area contributed by atoms with Gasteiger partial charge in [0.15, 0.2) is 0 Å².